The average Bonchev–Trinajstić information content (AvgIpc) is 3.12. The van der Waals surface area contributed by atoms with E-state index in [-0.39, 0.29) is 34.0 Å². The quantitative estimate of drug-likeness (QED) is 0.138. The molecule has 156 valence electrons. The number of fused-ring (bicyclic) bond motifs is 3. The molecule has 30 heavy (non-hydrogen) atoms. The maximum Gasteiger partial charge on any atom is 0.308 e. The number of aryl methyl sites for hydroxylation is 1. The zero-order valence-corrected chi connectivity index (χ0v) is 20.6. The van der Waals surface area contributed by atoms with Crippen molar-refractivity contribution in [3.63, 3.8) is 0 Å². The molecule has 1 aliphatic rings. The Morgan fingerprint density at radius 3 is 2.60 bits per heavy atom. The molecule has 9 heteroatoms. The standard InChI is InChI=1S/C21H19N2O3S3.BrH/c1-12-4-9-16-15(10-12)18-19(21(2,3)22-16)28-29-20(18)27-11-17(24)13-5-7-14(8-6-13)23(25)26;/h4-10,22H,11H2,1-3H3;1H/q+1;/p-1. The van der Waals surface area contributed by atoms with Crippen molar-refractivity contribution in [2.75, 3.05) is 11.1 Å². The molecular formula is C21H19BrN2O3S3. The fourth-order valence-corrected chi connectivity index (χ4v) is 7.99. The smallest absolute Gasteiger partial charge is 0.308 e. The molecule has 1 N–H and O–H groups in total. The number of nitrogens with zero attached hydrogens (tertiary/aromatic N) is 1. The second-order valence-electron chi connectivity index (χ2n) is 7.47. The van der Waals surface area contributed by atoms with Crippen LogP contribution in [0.4, 0.5) is 11.4 Å². The van der Waals surface area contributed by atoms with E-state index in [9.17, 15) is 14.9 Å². The van der Waals surface area contributed by atoms with Gasteiger partial charge in [-0.3, -0.25) is 14.9 Å². The number of nitro groups is 1. The molecule has 0 radical (unpaired) electrons. The molecule has 1 aromatic heterocycles. The van der Waals surface area contributed by atoms with Crippen molar-refractivity contribution in [2.45, 2.75) is 30.5 Å². The zero-order valence-electron chi connectivity index (χ0n) is 16.5. The summed E-state index contributed by atoms with van der Waals surface area (Å²) in [5, 5.41) is 14.4. The number of ketones is 1. The maximum absolute atomic E-state index is 12.6. The van der Waals surface area contributed by atoms with Crippen molar-refractivity contribution in [1.29, 1.82) is 0 Å². The third-order valence-corrected chi connectivity index (χ3v) is 9.19. The third kappa shape index (κ3) is 4.30. The van der Waals surface area contributed by atoms with Gasteiger partial charge in [-0.1, -0.05) is 23.4 Å². The number of carbonyl (C=O) groups excluding carboxylic acids is 1. The highest BCUT2D eigenvalue weighted by molar-refractivity contribution is 8.03. The lowest BCUT2D eigenvalue weighted by molar-refractivity contribution is -0.384. The van der Waals surface area contributed by atoms with Crippen LogP contribution in [0.3, 0.4) is 0 Å². The van der Waals surface area contributed by atoms with Crippen LogP contribution in [0.15, 0.2) is 46.7 Å². The van der Waals surface area contributed by atoms with Crippen LogP contribution in [0.1, 0.15) is 34.6 Å². The van der Waals surface area contributed by atoms with Gasteiger partial charge in [0.15, 0.2) is 16.1 Å². The minimum absolute atomic E-state index is 0. The summed E-state index contributed by atoms with van der Waals surface area (Å²) in [6.07, 6.45) is 0. The predicted octanol–water partition coefficient (Wildman–Crippen LogP) is 3.61. The van der Waals surface area contributed by atoms with Gasteiger partial charge in [-0.15, -0.1) is 0 Å². The highest BCUT2D eigenvalue weighted by atomic mass is 79.9. The van der Waals surface area contributed by atoms with Crippen LogP contribution in [0.25, 0.3) is 11.1 Å². The van der Waals surface area contributed by atoms with Gasteiger partial charge in [-0.25, -0.2) is 0 Å². The molecule has 5 nitrogen and oxygen atoms in total. The van der Waals surface area contributed by atoms with Crippen molar-refractivity contribution >= 4 is 49.6 Å². The average molecular weight is 523 g/mol. The molecule has 0 fully saturated rings. The Bertz CT molecular complexity index is 1130. The van der Waals surface area contributed by atoms with E-state index in [0.29, 0.717) is 11.3 Å². The van der Waals surface area contributed by atoms with Crippen molar-refractivity contribution in [3.8, 4) is 11.1 Å². The summed E-state index contributed by atoms with van der Waals surface area (Å²) in [5.41, 5.74) is 5.04. The van der Waals surface area contributed by atoms with Crippen molar-refractivity contribution in [2.24, 2.45) is 0 Å². The Balaban J connectivity index is 0.00000256. The van der Waals surface area contributed by atoms with Crippen LogP contribution in [0, 0.1) is 17.0 Å². The molecule has 0 aliphatic carbocycles. The highest BCUT2D eigenvalue weighted by Crippen LogP contribution is 2.53. The van der Waals surface area contributed by atoms with E-state index in [4.69, 9.17) is 0 Å². The lowest BCUT2D eigenvalue weighted by atomic mass is 9.89. The largest absolute Gasteiger partial charge is 1.00 e. The summed E-state index contributed by atoms with van der Waals surface area (Å²) in [5.74, 6) is 0.265. The van der Waals surface area contributed by atoms with Gasteiger partial charge in [0.1, 0.15) is 4.88 Å². The van der Waals surface area contributed by atoms with Gasteiger partial charge >= 0.3 is 10.3 Å². The number of thioether (sulfide) groups is 1. The van der Waals surface area contributed by atoms with Gasteiger partial charge in [0.2, 0.25) is 0 Å². The molecule has 2 heterocycles. The molecule has 0 atom stereocenters. The summed E-state index contributed by atoms with van der Waals surface area (Å²) < 4.78 is 1.14. The molecule has 0 saturated heterocycles. The SMILES string of the molecule is Cc1ccc2c(c1)-c1c(s[s+]c1SCC(=O)c1ccc([N+](=O)[O-])cc1)C(C)(C)N2.[Br-]. The van der Waals surface area contributed by atoms with E-state index in [1.807, 2.05) is 0 Å². The number of halogens is 1. The third-order valence-electron chi connectivity index (χ3n) is 4.83. The Morgan fingerprint density at radius 1 is 1.23 bits per heavy atom. The summed E-state index contributed by atoms with van der Waals surface area (Å²) in [7, 11) is 3.46. The fraction of sp³-hybridized carbons (Fsp3) is 0.238. The number of nitrogens with one attached hydrogen (secondary N) is 1. The van der Waals surface area contributed by atoms with E-state index in [1.165, 1.54) is 45.8 Å². The van der Waals surface area contributed by atoms with Gasteiger partial charge in [-0.05, 0) is 45.0 Å². The van der Waals surface area contributed by atoms with Crippen LogP contribution in [-0.2, 0) is 5.54 Å². The number of rotatable bonds is 5. The van der Waals surface area contributed by atoms with Crippen LogP contribution >= 0.6 is 32.4 Å². The van der Waals surface area contributed by atoms with E-state index in [1.54, 1.807) is 32.4 Å². The molecule has 0 spiro atoms. The van der Waals surface area contributed by atoms with Crippen LogP contribution in [0.2, 0.25) is 0 Å². The summed E-state index contributed by atoms with van der Waals surface area (Å²) >= 11 is 1.54. The number of benzene rings is 2. The molecule has 1 aliphatic heterocycles. The molecule has 0 saturated carbocycles. The molecule has 0 bridgehead atoms. The molecule has 4 rings (SSSR count). The van der Waals surface area contributed by atoms with Crippen LogP contribution < -0.4 is 22.3 Å². The van der Waals surface area contributed by atoms with E-state index < -0.39 is 4.92 Å². The lowest BCUT2D eigenvalue weighted by Gasteiger charge is -2.32. The van der Waals surface area contributed by atoms with Crippen LogP contribution in [-0.4, -0.2) is 16.5 Å². The first-order chi connectivity index (χ1) is 13.8. The monoisotopic (exact) mass is 522 g/mol. The Hall–Kier alpha value is -1.81. The molecule has 3 aromatic rings. The Labute approximate surface area is 196 Å². The minimum Gasteiger partial charge on any atom is -1.00 e. The Morgan fingerprint density at radius 2 is 1.93 bits per heavy atom. The normalized spacial score (nSPS) is 13.4. The first kappa shape index (κ1) is 22.9. The number of Topliss-reactive ketones (excluding diaryl/α,β-unsaturated/α-hetero) is 1. The first-order valence-electron chi connectivity index (χ1n) is 9.02. The first-order valence-corrected chi connectivity index (χ1v) is 12.2. The van der Waals surface area contributed by atoms with Gasteiger partial charge < -0.3 is 22.3 Å². The predicted molar refractivity (Wildman–Crippen MR) is 122 cm³/mol. The summed E-state index contributed by atoms with van der Waals surface area (Å²) in [6, 6.07) is 12.2. The number of non-ortho nitro benzene ring substituents is 1. The summed E-state index contributed by atoms with van der Waals surface area (Å²) in [6.45, 7) is 6.43. The van der Waals surface area contributed by atoms with Gasteiger partial charge in [0.25, 0.3) is 9.90 Å². The molecule has 0 unspecified atom stereocenters. The molecule has 0 amide bonds. The topological polar surface area (TPSA) is 72.2 Å². The Kier molecular flexibility index (Phi) is 6.66. The second-order valence-corrected chi connectivity index (χ2v) is 10.9. The molecular weight excluding hydrogens is 504 g/mol. The van der Waals surface area contributed by atoms with E-state index in [0.717, 1.165) is 9.90 Å². The maximum atomic E-state index is 12.6. The van der Waals surface area contributed by atoms with E-state index >= 15 is 0 Å². The fourth-order valence-electron chi connectivity index (χ4n) is 3.35. The van der Waals surface area contributed by atoms with Crippen molar-refractivity contribution in [3.05, 3.63) is 68.6 Å². The minimum atomic E-state index is -0.461. The summed E-state index contributed by atoms with van der Waals surface area (Å²) in [4.78, 5) is 24.2. The van der Waals surface area contributed by atoms with Crippen LogP contribution in [0.5, 0.6) is 0 Å². The number of hydrogen-bond donors (Lipinski definition) is 1. The van der Waals surface area contributed by atoms with Gasteiger partial charge in [0.05, 0.1) is 21.8 Å². The molecule has 2 aromatic carbocycles. The van der Waals surface area contributed by atoms with Gasteiger partial charge in [0, 0.05) is 28.9 Å². The second kappa shape index (κ2) is 8.74. The van der Waals surface area contributed by atoms with Crippen molar-refractivity contribution in [1.82, 2.24) is 0 Å². The number of carbonyl (C=O) groups is 1. The van der Waals surface area contributed by atoms with E-state index in [2.05, 4.69) is 44.3 Å². The number of hydrogen-bond acceptors (Lipinski definition) is 6. The highest BCUT2D eigenvalue weighted by Gasteiger charge is 2.40. The van der Waals surface area contributed by atoms with Gasteiger partial charge in [-0.2, -0.15) is 0 Å². The van der Waals surface area contributed by atoms with Crippen molar-refractivity contribution < 1.29 is 26.7 Å². The number of anilines is 1. The lowest BCUT2D eigenvalue weighted by Crippen LogP contribution is -3.00. The zero-order chi connectivity index (χ0) is 20.8. The number of nitro benzene ring substituents is 1.